The Morgan fingerprint density at radius 1 is 0.903 bits per heavy atom. The molecule has 168 valence electrons. The van der Waals surface area contributed by atoms with Gasteiger partial charge in [-0.3, -0.25) is 14.6 Å². The van der Waals surface area contributed by atoms with Crippen molar-refractivity contribution in [2.24, 2.45) is 10.7 Å². The molecule has 0 saturated carbocycles. The predicted molar refractivity (Wildman–Crippen MR) is 130 cm³/mol. The van der Waals surface area contributed by atoms with Crippen molar-refractivity contribution >= 4 is 41.8 Å². The Morgan fingerprint density at radius 2 is 1.48 bits per heavy atom. The minimum atomic E-state index is -0.587. The number of primary amides is 1. The summed E-state index contributed by atoms with van der Waals surface area (Å²) < 4.78 is 10.6. The number of aliphatic imine (C=N–C) groups is 1. The van der Waals surface area contributed by atoms with E-state index >= 15 is 0 Å². The van der Waals surface area contributed by atoms with E-state index in [0.29, 0.717) is 36.1 Å². The van der Waals surface area contributed by atoms with Crippen molar-refractivity contribution in [1.29, 1.82) is 0 Å². The number of guanidine groups is 1. The van der Waals surface area contributed by atoms with Gasteiger partial charge < -0.3 is 31.2 Å². The molecule has 0 atom stereocenters. The summed E-state index contributed by atoms with van der Waals surface area (Å²) in [4.78, 5) is 26.9. The number of halogens is 1. The molecular weight excluding hydrogens is 513 g/mol. The molecule has 0 bridgehead atoms. The normalized spacial score (nSPS) is 10.5. The van der Waals surface area contributed by atoms with Gasteiger partial charge >= 0.3 is 0 Å². The lowest BCUT2D eigenvalue weighted by molar-refractivity contribution is -0.117. The number of rotatable bonds is 9. The van der Waals surface area contributed by atoms with E-state index in [-0.39, 0.29) is 36.4 Å². The highest BCUT2D eigenvalue weighted by molar-refractivity contribution is 14.0. The summed E-state index contributed by atoms with van der Waals surface area (Å²) in [6.45, 7) is 0.887. The molecule has 0 aliphatic heterocycles. The molecule has 0 unspecified atom stereocenters. The van der Waals surface area contributed by atoms with Crippen molar-refractivity contribution in [2.45, 2.75) is 13.1 Å². The SMILES string of the molecule is CN=C(NCc1ccc(C(=O)NCC(N)=O)cc1)NCc1ccc(OC)c(OC)c1.I. The van der Waals surface area contributed by atoms with Gasteiger partial charge in [0.25, 0.3) is 5.91 Å². The maximum absolute atomic E-state index is 11.9. The zero-order chi connectivity index (χ0) is 21.9. The van der Waals surface area contributed by atoms with Crippen LogP contribution in [0.3, 0.4) is 0 Å². The van der Waals surface area contributed by atoms with Crippen LogP contribution in [0.15, 0.2) is 47.5 Å². The fraction of sp³-hybridized carbons (Fsp3) is 0.286. The molecule has 2 rings (SSSR count). The minimum Gasteiger partial charge on any atom is -0.493 e. The Kier molecular flexibility index (Phi) is 11.2. The fourth-order valence-electron chi connectivity index (χ4n) is 2.63. The second-order valence-corrected chi connectivity index (χ2v) is 6.31. The Morgan fingerprint density at radius 3 is 2.03 bits per heavy atom. The van der Waals surface area contributed by atoms with Crippen LogP contribution in [0.4, 0.5) is 0 Å². The number of hydrogen-bond donors (Lipinski definition) is 4. The number of ether oxygens (including phenoxy) is 2. The average molecular weight is 541 g/mol. The van der Waals surface area contributed by atoms with Gasteiger partial charge in [0.2, 0.25) is 5.91 Å². The molecule has 2 aromatic carbocycles. The van der Waals surface area contributed by atoms with Gasteiger partial charge in [-0.05, 0) is 35.4 Å². The number of nitrogens with zero attached hydrogens (tertiary/aromatic N) is 1. The lowest BCUT2D eigenvalue weighted by atomic mass is 10.1. The van der Waals surface area contributed by atoms with Crippen LogP contribution in [-0.4, -0.2) is 45.6 Å². The van der Waals surface area contributed by atoms with Crippen LogP contribution in [-0.2, 0) is 17.9 Å². The first-order valence-electron chi connectivity index (χ1n) is 9.27. The second-order valence-electron chi connectivity index (χ2n) is 6.31. The van der Waals surface area contributed by atoms with Crippen LogP contribution < -0.4 is 31.2 Å². The zero-order valence-corrected chi connectivity index (χ0v) is 20.1. The van der Waals surface area contributed by atoms with Crippen LogP contribution >= 0.6 is 24.0 Å². The number of amides is 2. The topological polar surface area (TPSA) is 127 Å². The number of carbonyl (C=O) groups excluding carboxylic acids is 2. The molecule has 0 fully saturated rings. The summed E-state index contributed by atoms with van der Waals surface area (Å²) in [5.41, 5.74) is 7.46. The van der Waals surface area contributed by atoms with Gasteiger partial charge in [-0.2, -0.15) is 0 Å². The molecule has 31 heavy (non-hydrogen) atoms. The summed E-state index contributed by atoms with van der Waals surface area (Å²) in [5.74, 6) is 1.04. The van der Waals surface area contributed by atoms with Gasteiger partial charge in [-0.25, -0.2) is 0 Å². The Hall–Kier alpha value is -3.02. The number of benzene rings is 2. The molecule has 10 heteroatoms. The largest absolute Gasteiger partial charge is 0.493 e. The number of methoxy groups -OCH3 is 2. The van der Waals surface area contributed by atoms with Crippen LogP contribution in [0, 0.1) is 0 Å². The molecule has 0 aliphatic carbocycles. The summed E-state index contributed by atoms with van der Waals surface area (Å²) in [6, 6.07) is 12.7. The number of nitrogens with two attached hydrogens (primary N) is 1. The summed E-state index contributed by atoms with van der Waals surface area (Å²) in [5, 5.41) is 8.90. The standard InChI is InChI=1S/C21H27N5O4.HI/c1-23-21(26-12-15-6-9-17(29-2)18(10-15)30-3)25-11-14-4-7-16(8-5-14)20(28)24-13-19(22)27;/h4-10H,11-13H2,1-3H3,(H2,22,27)(H,24,28)(H2,23,25,26);1H. The van der Waals surface area contributed by atoms with Crippen molar-refractivity contribution in [3.05, 3.63) is 59.2 Å². The van der Waals surface area contributed by atoms with E-state index in [0.717, 1.165) is 11.1 Å². The van der Waals surface area contributed by atoms with Crippen LogP contribution in [0.5, 0.6) is 11.5 Å². The van der Waals surface area contributed by atoms with Crippen molar-refractivity contribution in [3.63, 3.8) is 0 Å². The molecule has 2 amide bonds. The predicted octanol–water partition coefficient (Wildman–Crippen LogP) is 1.40. The van der Waals surface area contributed by atoms with Gasteiger partial charge in [0.1, 0.15) is 0 Å². The number of carbonyl (C=O) groups is 2. The fourth-order valence-corrected chi connectivity index (χ4v) is 2.63. The highest BCUT2D eigenvalue weighted by Crippen LogP contribution is 2.27. The van der Waals surface area contributed by atoms with E-state index in [1.165, 1.54) is 0 Å². The Balaban J connectivity index is 0.00000480. The molecule has 9 nitrogen and oxygen atoms in total. The lowest BCUT2D eigenvalue weighted by Crippen LogP contribution is -2.36. The lowest BCUT2D eigenvalue weighted by Gasteiger charge is -2.14. The number of nitrogens with one attached hydrogen (secondary N) is 3. The maximum atomic E-state index is 11.9. The molecule has 0 aromatic heterocycles. The highest BCUT2D eigenvalue weighted by atomic mass is 127. The molecule has 2 aromatic rings. The Bertz CT molecular complexity index is 903. The third-order valence-electron chi connectivity index (χ3n) is 4.23. The summed E-state index contributed by atoms with van der Waals surface area (Å²) >= 11 is 0. The quantitative estimate of drug-likeness (QED) is 0.216. The first kappa shape index (κ1) is 26.0. The molecule has 5 N–H and O–H groups in total. The smallest absolute Gasteiger partial charge is 0.251 e. The van der Waals surface area contributed by atoms with E-state index in [9.17, 15) is 9.59 Å². The molecular formula is C21H28IN5O4. The molecule has 0 spiro atoms. The monoisotopic (exact) mass is 541 g/mol. The summed E-state index contributed by atoms with van der Waals surface area (Å²) in [7, 11) is 4.89. The van der Waals surface area contributed by atoms with Gasteiger partial charge in [0.15, 0.2) is 17.5 Å². The van der Waals surface area contributed by atoms with Gasteiger partial charge in [0, 0.05) is 25.7 Å². The van der Waals surface area contributed by atoms with E-state index in [1.54, 1.807) is 33.4 Å². The van der Waals surface area contributed by atoms with E-state index in [1.807, 2.05) is 30.3 Å². The maximum Gasteiger partial charge on any atom is 0.251 e. The molecule has 0 aliphatic rings. The van der Waals surface area contributed by atoms with Crippen molar-refractivity contribution in [1.82, 2.24) is 16.0 Å². The second kappa shape index (κ2) is 13.3. The van der Waals surface area contributed by atoms with Crippen molar-refractivity contribution in [3.8, 4) is 11.5 Å². The average Bonchev–Trinajstić information content (AvgIpc) is 2.77. The zero-order valence-electron chi connectivity index (χ0n) is 17.7. The van der Waals surface area contributed by atoms with Crippen molar-refractivity contribution in [2.75, 3.05) is 27.8 Å². The van der Waals surface area contributed by atoms with Gasteiger partial charge in [0.05, 0.1) is 20.8 Å². The number of hydrogen-bond acceptors (Lipinski definition) is 5. The minimum absolute atomic E-state index is 0. The van der Waals surface area contributed by atoms with E-state index in [2.05, 4.69) is 20.9 Å². The molecule has 0 saturated heterocycles. The van der Waals surface area contributed by atoms with Crippen LogP contribution in [0.1, 0.15) is 21.5 Å². The molecule has 0 radical (unpaired) electrons. The van der Waals surface area contributed by atoms with E-state index < -0.39 is 5.91 Å². The third-order valence-corrected chi connectivity index (χ3v) is 4.23. The Labute approximate surface area is 198 Å². The van der Waals surface area contributed by atoms with Crippen molar-refractivity contribution < 1.29 is 19.1 Å². The third kappa shape index (κ3) is 8.32. The van der Waals surface area contributed by atoms with E-state index in [4.69, 9.17) is 15.2 Å². The van der Waals surface area contributed by atoms with Crippen LogP contribution in [0.25, 0.3) is 0 Å². The highest BCUT2D eigenvalue weighted by Gasteiger charge is 2.07. The summed E-state index contributed by atoms with van der Waals surface area (Å²) in [6.07, 6.45) is 0. The van der Waals surface area contributed by atoms with Gasteiger partial charge in [-0.15, -0.1) is 24.0 Å². The first-order valence-corrected chi connectivity index (χ1v) is 9.27. The van der Waals surface area contributed by atoms with Crippen LogP contribution in [0.2, 0.25) is 0 Å². The first-order chi connectivity index (χ1) is 14.5. The van der Waals surface area contributed by atoms with Gasteiger partial charge in [-0.1, -0.05) is 18.2 Å². The molecule has 0 heterocycles.